The third kappa shape index (κ3) is 4.41. The lowest BCUT2D eigenvalue weighted by molar-refractivity contribution is -0.0424. The molecule has 3 rings (SSSR count). The first-order valence-corrected chi connectivity index (χ1v) is 11.2. The van der Waals surface area contributed by atoms with E-state index < -0.39 is 34.6 Å². The minimum atomic E-state index is -4.22. The fourth-order valence-electron chi connectivity index (χ4n) is 2.69. The lowest BCUT2D eigenvalue weighted by atomic mass is 9.93. The molecule has 0 aliphatic carbocycles. The van der Waals surface area contributed by atoms with Crippen LogP contribution in [-0.2, 0) is 10.0 Å². The highest BCUT2D eigenvalue weighted by molar-refractivity contribution is 7.93. The van der Waals surface area contributed by atoms with Crippen molar-refractivity contribution in [1.82, 2.24) is 5.16 Å². The van der Waals surface area contributed by atoms with Crippen LogP contribution in [0, 0.1) is 6.92 Å². The van der Waals surface area contributed by atoms with Crippen molar-refractivity contribution in [2.24, 2.45) is 0 Å². The lowest BCUT2D eigenvalue weighted by Gasteiger charge is -2.15. The number of anilines is 1. The van der Waals surface area contributed by atoms with Gasteiger partial charge in [-0.2, -0.15) is 0 Å². The standard InChI is InChI=1S/C18H17ClN2O7S2/c1-9-14(19)17(28-20-9)21-30(26,27)13-6-7-29-16(13)15(23)12(8-22)10-2-4-11(5-3-10)18(24)25/h2-7,12,18,21-22,24-25H,8H2,1H3. The molecule has 30 heavy (non-hydrogen) atoms. The second-order valence-corrected chi connectivity index (χ2v) is 9.22. The molecule has 0 saturated carbocycles. The average molecular weight is 473 g/mol. The molecule has 160 valence electrons. The molecule has 3 aromatic rings. The fraction of sp³-hybridized carbons (Fsp3) is 0.222. The molecule has 0 aliphatic heterocycles. The molecule has 2 aromatic heterocycles. The zero-order valence-corrected chi connectivity index (χ0v) is 17.8. The Morgan fingerprint density at radius 1 is 1.23 bits per heavy atom. The van der Waals surface area contributed by atoms with Crippen molar-refractivity contribution in [3.05, 3.63) is 62.4 Å². The minimum absolute atomic E-state index is 0.000997. The zero-order valence-electron chi connectivity index (χ0n) is 15.4. The highest BCUT2D eigenvalue weighted by atomic mass is 35.5. The van der Waals surface area contributed by atoms with Gasteiger partial charge in [0, 0.05) is 5.56 Å². The van der Waals surface area contributed by atoms with Crippen molar-refractivity contribution in [3.8, 4) is 0 Å². The first-order chi connectivity index (χ1) is 14.2. The predicted molar refractivity (Wildman–Crippen MR) is 109 cm³/mol. The van der Waals surface area contributed by atoms with Gasteiger partial charge in [-0.05, 0) is 23.9 Å². The van der Waals surface area contributed by atoms with E-state index in [9.17, 15) is 28.5 Å². The van der Waals surface area contributed by atoms with Crippen molar-refractivity contribution in [1.29, 1.82) is 0 Å². The summed E-state index contributed by atoms with van der Waals surface area (Å²) in [5, 5.41) is 33.2. The number of nitrogens with one attached hydrogen (secondary N) is 1. The van der Waals surface area contributed by atoms with E-state index in [1.54, 1.807) is 0 Å². The van der Waals surface area contributed by atoms with E-state index in [-0.39, 0.29) is 26.2 Å². The minimum Gasteiger partial charge on any atom is -0.395 e. The Kier molecular flexibility index (Phi) is 6.60. The van der Waals surface area contributed by atoms with Gasteiger partial charge in [0.2, 0.25) is 0 Å². The van der Waals surface area contributed by atoms with Crippen LogP contribution in [0.15, 0.2) is 45.1 Å². The normalized spacial score (nSPS) is 12.9. The Bertz CT molecular complexity index is 1150. The van der Waals surface area contributed by atoms with Gasteiger partial charge in [0.05, 0.1) is 17.4 Å². The van der Waals surface area contributed by atoms with Gasteiger partial charge in [-0.15, -0.1) is 11.3 Å². The molecular formula is C18H17ClN2O7S2. The van der Waals surface area contributed by atoms with E-state index in [1.807, 2.05) is 0 Å². The molecule has 1 aromatic carbocycles. The number of halogens is 1. The summed E-state index contributed by atoms with van der Waals surface area (Å²) in [5.74, 6) is -1.92. The van der Waals surface area contributed by atoms with Crippen molar-refractivity contribution in [3.63, 3.8) is 0 Å². The molecule has 1 unspecified atom stereocenters. The molecule has 1 atom stereocenters. The molecule has 12 heteroatoms. The van der Waals surface area contributed by atoms with Crippen molar-refractivity contribution >= 4 is 44.6 Å². The van der Waals surface area contributed by atoms with Gasteiger partial charge >= 0.3 is 0 Å². The van der Waals surface area contributed by atoms with E-state index in [4.69, 9.17) is 16.1 Å². The molecule has 0 amide bonds. The average Bonchev–Trinajstić information content (AvgIpc) is 3.32. The second kappa shape index (κ2) is 8.84. The predicted octanol–water partition coefficient (Wildman–Crippen LogP) is 2.44. The summed E-state index contributed by atoms with van der Waals surface area (Å²) in [6, 6.07) is 6.99. The number of aliphatic hydroxyl groups is 3. The number of thiophene rings is 1. The molecule has 0 aliphatic rings. The van der Waals surface area contributed by atoms with Crippen molar-refractivity contribution in [2.45, 2.75) is 24.0 Å². The smallest absolute Gasteiger partial charge is 0.265 e. The SMILES string of the molecule is Cc1noc(NS(=O)(=O)c2ccsc2C(=O)C(CO)c2ccc(C(O)O)cc2)c1Cl. The highest BCUT2D eigenvalue weighted by Crippen LogP contribution is 2.32. The lowest BCUT2D eigenvalue weighted by Crippen LogP contribution is -2.20. The van der Waals surface area contributed by atoms with Gasteiger partial charge in [-0.25, -0.2) is 13.1 Å². The number of nitrogens with zero attached hydrogens (tertiary/aromatic N) is 1. The van der Waals surface area contributed by atoms with Gasteiger partial charge < -0.3 is 19.8 Å². The molecule has 0 radical (unpaired) electrons. The molecule has 0 fully saturated rings. The van der Waals surface area contributed by atoms with Crippen LogP contribution < -0.4 is 4.72 Å². The third-order valence-corrected chi connectivity index (χ3v) is 7.17. The van der Waals surface area contributed by atoms with Gasteiger partial charge in [0.15, 0.2) is 12.1 Å². The Hall–Kier alpha value is -2.28. The maximum atomic E-state index is 13.0. The second-order valence-electron chi connectivity index (χ2n) is 6.27. The van der Waals surface area contributed by atoms with E-state index in [2.05, 4.69) is 9.88 Å². The Labute approximate surface area is 180 Å². The fourth-order valence-corrected chi connectivity index (χ4v) is 5.29. The van der Waals surface area contributed by atoms with E-state index in [0.29, 0.717) is 11.3 Å². The number of rotatable bonds is 8. The molecule has 0 bridgehead atoms. The van der Waals surface area contributed by atoms with Gasteiger partial charge in [-0.1, -0.05) is 41.0 Å². The summed E-state index contributed by atoms with van der Waals surface area (Å²) >= 11 is 6.86. The summed E-state index contributed by atoms with van der Waals surface area (Å²) in [6.07, 6.45) is -1.67. The number of carbonyl (C=O) groups is 1. The quantitative estimate of drug-likeness (QED) is 0.288. The molecular weight excluding hydrogens is 456 g/mol. The number of aromatic nitrogens is 1. The number of hydrogen-bond donors (Lipinski definition) is 4. The van der Waals surface area contributed by atoms with Gasteiger partial charge in [-0.3, -0.25) is 4.79 Å². The van der Waals surface area contributed by atoms with Crippen LogP contribution in [0.1, 0.15) is 38.7 Å². The van der Waals surface area contributed by atoms with Crippen molar-refractivity contribution in [2.75, 3.05) is 11.3 Å². The number of ketones is 1. The maximum Gasteiger partial charge on any atom is 0.265 e. The molecule has 2 heterocycles. The van der Waals surface area contributed by atoms with Gasteiger partial charge in [0.1, 0.15) is 15.6 Å². The number of hydrogen-bond acceptors (Lipinski definition) is 9. The summed E-state index contributed by atoms with van der Waals surface area (Å²) < 4.78 is 32.6. The summed E-state index contributed by atoms with van der Waals surface area (Å²) in [5.41, 5.74) is 0.906. The van der Waals surface area contributed by atoms with Crippen molar-refractivity contribution < 1.29 is 33.1 Å². The number of carbonyl (C=O) groups excluding carboxylic acids is 1. The van der Waals surface area contributed by atoms with Crippen LogP contribution in [0.25, 0.3) is 0 Å². The van der Waals surface area contributed by atoms with Crippen LogP contribution in [-0.4, -0.2) is 41.3 Å². The first-order valence-electron chi connectivity index (χ1n) is 8.49. The Morgan fingerprint density at radius 2 is 1.87 bits per heavy atom. The molecule has 0 saturated heterocycles. The molecule has 9 nitrogen and oxygen atoms in total. The van der Waals surface area contributed by atoms with Crippen LogP contribution in [0.4, 0.5) is 5.88 Å². The highest BCUT2D eigenvalue weighted by Gasteiger charge is 2.31. The molecule has 0 spiro atoms. The Balaban J connectivity index is 1.92. The number of aryl methyl sites for hydroxylation is 1. The zero-order chi connectivity index (χ0) is 22.1. The summed E-state index contributed by atoms with van der Waals surface area (Å²) in [7, 11) is -4.22. The van der Waals surface area contributed by atoms with Crippen LogP contribution in [0.5, 0.6) is 0 Å². The van der Waals surface area contributed by atoms with Crippen LogP contribution in [0.3, 0.4) is 0 Å². The first kappa shape index (κ1) is 22.4. The van der Waals surface area contributed by atoms with Crippen LogP contribution >= 0.6 is 22.9 Å². The van der Waals surface area contributed by atoms with Crippen LogP contribution in [0.2, 0.25) is 5.02 Å². The number of Topliss-reactive ketones (excluding diaryl/α,β-unsaturated/α-hetero) is 1. The third-order valence-electron chi connectivity index (χ3n) is 4.30. The van der Waals surface area contributed by atoms with E-state index in [1.165, 1.54) is 42.6 Å². The summed E-state index contributed by atoms with van der Waals surface area (Å²) in [6.45, 7) is 0.966. The number of benzene rings is 1. The van der Waals surface area contributed by atoms with E-state index in [0.717, 1.165) is 11.3 Å². The summed E-state index contributed by atoms with van der Waals surface area (Å²) in [4.78, 5) is 12.7. The topological polar surface area (TPSA) is 150 Å². The number of aliphatic hydroxyl groups excluding tert-OH is 2. The number of sulfonamides is 1. The van der Waals surface area contributed by atoms with Gasteiger partial charge in [0.25, 0.3) is 15.9 Å². The van der Waals surface area contributed by atoms with E-state index >= 15 is 0 Å². The Morgan fingerprint density at radius 3 is 2.40 bits per heavy atom. The monoisotopic (exact) mass is 472 g/mol. The largest absolute Gasteiger partial charge is 0.395 e. The molecule has 4 N–H and O–H groups in total. The maximum absolute atomic E-state index is 13.0.